The zero-order valence-electron chi connectivity index (χ0n) is 13.7. The predicted molar refractivity (Wildman–Crippen MR) is 92.0 cm³/mol. The Bertz CT molecular complexity index is 946. The van der Waals surface area contributed by atoms with Crippen LogP contribution in [0.5, 0.6) is 0 Å². The van der Waals surface area contributed by atoms with Crippen molar-refractivity contribution in [2.75, 3.05) is 5.32 Å². The molecule has 1 aromatic carbocycles. The van der Waals surface area contributed by atoms with Crippen molar-refractivity contribution >= 4 is 11.7 Å². The molecule has 5 nitrogen and oxygen atoms in total. The van der Waals surface area contributed by atoms with Crippen molar-refractivity contribution in [1.29, 1.82) is 0 Å². The summed E-state index contributed by atoms with van der Waals surface area (Å²) in [7, 11) is 0. The van der Waals surface area contributed by atoms with Crippen LogP contribution in [0.2, 0.25) is 0 Å². The fourth-order valence-corrected chi connectivity index (χ4v) is 3.03. The lowest BCUT2D eigenvalue weighted by atomic mass is 9.94. The van der Waals surface area contributed by atoms with Gasteiger partial charge in [0.25, 0.3) is 0 Å². The summed E-state index contributed by atoms with van der Waals surface area (Å²) in [6.45, 7) is 1.95. The summed E-state index contributed by atoms with van der Waals surface area (Å²) in [6, 6.07) is 10.1. The Morgan fingerprint density at radius 2 is 2.04 bits per heavy atom. The van der Waals surface area contributed by atoms with Crippen LogP contribution in [0.15, 0.2) is 55.0 Å². The van der Waals surface area contributed by atoms with Gasteiger partial charge in [-0.25, -0.2) is 9.07 Å². The number of halogens is 1. The normalized spacial score (nSPS) is 15.0. The average molecular weight is 336 g/mol. The molecule has 1 saturated carbocycles. The summed E-state index contributed by atoms with van der Waals surface area (Å²) >= 11 is 0. The molecule has 1 N–H and O–H groups in total. The Morgan fingerprint density at radius 3 is 2.76 bits per heavy atom. The van der Waals surface area contributed by atoms with Crippen molar-refractivity contribution in [1.82, 2.24) is 14.8 Å². The monoisotopic (exact) mass is 336 g/mol. The van der Waals surface area contributed by atoms with Crippen LogP contribution in [-0.4, -0.2) is 20.7 Å². The first-order valence-corrected chi connectivity index (χ1v) is 8.13. The summed E-state index contributed by atoms with van der Waals surface area (Å²) in [5, 5.41) is 7.19. The van der Waals surface area contributed by atoms with Gasteiger partial charge >= 0.3 is 0 Å². The Balaban J connectivity index is 1.55. The smallest absolute Gasteiger partial charge is 0.236 e. The molecule has 126 valence electrons. The summed E-state index contributed by atoms with van der Waals surface area (Å²) in [5.41, 5.74) is 1.51. The first-order valence-electron chi connectivity index (χ1n) is 8.13. The van der Waals surface area contributed by atoms with Gasteiger partial charge in [0.15, 0.2) is 5.82 Å². The van der Waals surface area contributed by atoms with E-state index in [1.54, 1.807) is 47.5 Å². The summed E-state index contributed by atoms with van der Waals surface area (Å²) in [4.78, 5) is 16.8. The van der Waals surface area contributed by atoms with E-state index in [-0.39, 0.29) is 11.7 Å². The zero-order chi connectivity index (χ0) is 17.4. The van der Waals surface area contributed by atoms with Gasteiger partial charge in [0.1, 0.15) is 5.82 Å². The lowest BCUT2D eigenvalue weighted by Gasteiger charge is -2.15. The van der Waals surface area contributed by atoms with Crippen LogP contribution in [-0.2, 0) is 10.2 Å². The van der Waals surface area contributed by atoms with E-state index in [0.717, 1.165) is 11.3 Å². The lowest BCUT2D eigenvalue weighted by molar-refractivity contribution is -0.118. The average Bonchev–Trinajstić information content (AvgIpc) is 3.28. The first kappa shape index (κ1) is 15.5. The van der Waals surface area contributed by atoms with Gasteiger partial charge < -0.3 is 5.32 Å². The number of pyridine rings is 1. The number of nitrogens with one attached hydrogen (secondary N) is 1. The van der Waals surface area contributed by atoms with Gasteiger partial charge in [-0.2, -0.15) is 5.10 Å². The molecule has 6 heteroatoms. The molecule has 0 radical (unpaired) electrons. The van der Waals surface area contributed by atoms with Gasteiger partial charge in [-0.05, 0) is 37.5 Å². The summed E-state index contributed by atoms with van der Waals surface area (Å²) in [5.74, 6) is -0.120. The second kappa shape index (κ2) is 5.81. The highest BCUT2D eigenvalue weighted by molar-refractivity contribution is 6.00. The van der Waals surface area contributed by atoms with Crippen LogP contribution in [0, 0.1) is 12.7 Å². The topological polar surface area (TPSA) is 59.8 Å². The van der Waals surface area contributed by atoms with Crippen molar-refractivity contribution < 1.29 is 9.18 Å². The molecular weight excluding hydrogens is 319 g/mol. The molecule has 2 heterocycles. The number of hydrogen-bond donors (Lipinski definition) is 1. The molecule has 1 amide bonds. The van der Waals surface area contributed by atoms with E-state index in [1.807, 2.05) is 13.0 Å². The number of carbonyl (C=O) groups excluding carboxylic acids is 1. The fourth-order valence-electron chi connectivity index (χ4n) is 3.03. The van der Waals surface area contributed by atoms with Crippen molar-refractivity contribution in [2.24, 2.45) is 0 Å². The molecule has 1 aliphatic carbocycles. The number of carbonyl (C=O) groups is 1. The molecule has 0 saturated heterocycles. The Labute approximate surface area is 144 Å². The molecule has 0 aliphatic heterocycles. The quantitative estimate of drug-likeness (QED) is 0.794. The van der Waals surface area contributed by atoms with Crippen LogP contribution < -0.4 is 5.32 Å². The summed E-state index contributed by atoms with van der Waals surface area (Å²) < 4.78 is 15.7. The molecule has 2 aromatic heterocycles. The van der Waals surface area contributed by atoms with Gasteiger partial charge in [-0.15, -0.1) is 0 Å². The standard InChI is InChI=1S/C19H17FN4O/c1-13-10-14(12-21-11-13)24-9-6-17(23-24)22-18(25)19(7-8-19)15-4-2-3-5-16(15)20/h2-6,9-12H,7-8H2,1H3,(H,22,23,25). The van der Waals surface area contributed by atoms with E-state index in [1.165, 1.54) is 6.07 Å². The molecule has 0 spiro atoms. The van der Waals surface area contributed by atoms with E-state index in [0.29, 0.717) is 24.2 Å². The maximum absolute atomic E-state index is 14.1. The van der Waals surface area contributed by atoms with Crippen molar-refractivity contribution in [3.8, 4) is 5.69 Å². The van der Waals surface area contributed by atoms with Crippen LogP contribution >= 0.6 is 0 Å². The third-order valence-corrected chi connectivity index (χ3v) is 4.53. The van der Waals surface area contributed by atoms with E-state index < -0.39 is 5.41 Å². The highest BCUT2D eigenvalue weighted by atomic mass is 19.1. The summed E-state index contributed by atoms with van der Waals surface area (Å²) in [6.07, 6.45) is 6.51. The van der Waals surface area contributed by atoms with Crippen LogP contribution in [0.4, 0.5) is 10.2 Å². The number of benzene rings is 1. The molecule has 1 aliphatic rings. The number of aromatic nitrogens is 3. The molecule has 0 unspecified atom stereocenters. The van der Waals surface area contributed by atoms with Gasteiger partial charge in [-0.1, -0.05) is 18.2 Å². The molecule has 25 heavy (non-hydrogen) atoms. The van der Waals surface area contributed by atoms with Crippen molar-refractivity contribution in [3.05, 3.63) is 71.9 Å². The minimum Gasteiger partial charge on any atom is -0.308 e. The fraction of sp³-hybridized carbons (Fsp3) is 0.211. The maximum atomic E-state index is 14.1. The molecule has 1 fully saturated rings. The van der Waals surface area contributed by atoms with Crippen molar-refractivity contribution in [2.45, 2.75) is 25.2 Å². The van der Waals surface area contributed by atoms with Crippen LogP contribution in [0.25, 0.3) is 5.69 Å². The third-order valence-electron chi connectivity index (χ3n) is 4.53. The number of rotatable bonds is 4. The van der Waals surface area contributed by atoms with Crippen molar-refractivity contribution in [3.63, 3.8) is 0 Å². The maximum Gasteiger partial charge on any atom is 0.236 e. The Kier molecular flexibility index (Phi) is 3.60. The van der Waals surface area contributed by atoms with Gasteiger partial charge in [0.05, 0.1) is 17.3 Å². The van der Waals surface area contributed by atoms with E-state index in [4.69, 9.17) is 0 Å². The van der Waals surface area contributed by atoms with Gasteiger partial charge in [0.2, 0.25) is 5.91 Å². The van der Waals surface area contributed by atoms with Crippen LogP contribution in [0.3, 0.4) is 0 Å². The molecule has 4 rings (SSSR count). The van der Waals surface area contributed by atoms with E-state index in [2.05, 4.69) is 15.4 Å². The number of nitrogens with zero attached hydrogens (tertiary/aromatic N) is 3. The third kappa shape index (κ3) is 2.80. The first-order chi connectivity index (χ1) is 12.1. The Morgan fingerprint density at radius 1 is 1.24 bits per heavy atom. The predicted octanol–water partition coefficient (Wildman–Crippen LogP) is 3.39. The second-order valence-electron chi connectivity index (χ2n) is 6.38. The molecule has 0 atom stereocenters. The van der Waals surface area contributed by atoms with E-state index in [9.17, 15) is 9.18 Å². The van der Waals surface area contributed by atoms with Crippen LogP contribution in [0.1, 0.15) is 24.0 Å². The van der Waals surface area contributed by atoms with Gasteiger partial charge in [-0.3, -0.25) is 9.78 Å². The lowest BCUT2D eigenvalue weighted by Crippen LogP contribution is -2.29. The van der Waals surface area contributed by atoms with Gasteiger partial charge in [0, 0.05) is 24.0 Å². The molecular formula is C19H17FN4O. The number of aryl methyl sites for hydroxylation is 1. The number of hydrogen-bond acceptors (Lipinski definition) is 3. The minimum atomic E-state index is -0.778. The number of amides is 1. The SMILES string of the molecule is Cc1cncc(-n2ccc(NC(=O)C3(c4ccccc4F)CC3)n2)c1. The van der Waals surface area contributed by atoms with E-state index >= 15 is 0 Å². The highest BCUT2D eigenvalue weighted by Gasteiger charge is 2.52. The minimum absolute atomic E-state index is 0.217. The molecule has 0 bridgehead atoms. The molecule has 3 aromatic rings. The number of anilines is 1. The zero-order valence-corrected chi connectivity index (χ0v) is 13.7. The highest BCUT2D eigenvalue weighted by Crippen LogP contribution is 2.49. The largest absolute Gasteiger partial charge is 0.308 e. The second-order valence-corrected chi connectivity index (χ2v) is 6.38. The Hall–Kier alpha value is -3.02.